The quantitative estimate of drug-likeness (QED) is 0.150. The maximum absolute atomic E-state index is 2.45. The molecule has 1 heteroatoms. The first-order valence-electron chi connectivity index (χ1n) is 19.2. The first-order valence-corrected chi connectivity index (χ1v) is 19.2. The summed E-state index contributed by atoms with van der Waals surface area (Å²) in [5, 5.41) is 7.48. The SMILES string of the molecule is C1=CC(c2ccc(N(c3ccc(-c4ccccc4)c(-c4ccc(-c5cccc6ccccc56)cc4)c3)c3cc4ccccc4c4ccccc34)cc2)=CCC1. The molecule has 0 unspecified atom stereocenters. The summed E-state index contributed by atoms with van der Waals surface area (Å²) >= 11 is 0. The van der Waals surface area contributed by atoms with E-state index < -0.39 is 0 Å². The third-order valence-electron chi connectivity index (χ3n) is 11.1. The molecule has 0 aliphatic heterocycles. The Labute approximate surface area is 322 Å². The van der Waals surface area contributed by atoms with Gasteiger partial charge in [-0.3, -0.25) is 0 Å². The number of hydrogen-bond donors (Lipinski definition) is 0. The Bertz CT molecular complexity index is 2890. The second-order valence-electron chi connectivity index (χ2n) is 14.4. The molecule has 0 bridgehead atoms. The molecule has 0 heterocycles. The molecular formula is C54H39N. The lowest BCUT2D eigenvalue weighted by Crippen LogP contribution is -2.11. The molecule has 55 heavy (non-hydrogen) atoms. The van der Waals surface area contributed by atoms with Crippen molar-refractivity contribution in [3.05, 3.63) is 218 Å². The molecular weight excluding hydrogens is 663 g/mol. The molecule has 0 saturated heterocycles. The summed E-state index contributed by atoms with van der Waals surface area (Å²) in [7, 11) is 0. The zero-order valence-corrected chi connectivity index (χ0v) is 30.6. The Hall–Kier alpha value is -6.96. The fourth-order valence-corrected chi connectivity index (χ4v) is 8.36. The van der Waals surface area contributed by atoms with E-state index in [0.29, 0.717) is 0 Å². The van der Waals surface area contributed by atoms with Gasteiger partial charge in [0.05, 0.1) is 5.69 Å². The summed E-state index contributed by atoms with van der Waals surface area (Å²) in [6.45, 7) is 0. The molecule has 0 saturated carbocycles. The molecule has 0 amide bonds. The van der Waals surface area contributed by atoms with Crippen LogP contribution in [0.3, 0.4) is 0 Å². The predicted octanol–water partition coefficient (Wildman–Crippen LogP) is 15.4. The van der Waals surface area contributed by atoms with Crippen LogP contribution in [0.25, 0.3) is 71.3 Å². The van der Waals surface area contributed by atoms with E-state index in [4.69, 9.17) is 0 Å². The molecule has 0 aromatic heterocycles. The highest BCUT2D eigenvalue weighted by atomic mass is 15.1. The zero-order chi connectivity index (χ0) is 36.6. The summed E-state index contributed by atoms with van der Waals surface area (Å²) < 4.78 is 0. The van der Waals surface area contributed by atoms with Gasteiger partial charge in [-0.05, 0) is 115 Å². The molecule has 1 nitrogen and oxygen atoms in total. The number of fused-ring (bicyclic) bond motifs is 4. The van der Waals surface area contributed by atoms with Crippen molar-refractivity contribution in [2.75, 3.05) is 4.90 Å². The molecule has 0 N–H and O–H groups in total. The largest absolute Gasteiger partial charge is 0.310 e. The van der Waals surface area contributed by atoms with E-state index in [1.807, 2.05) is 0 Å². The highest BCUT2D eigenvalue weighted by molar-refractivity contribution is 6.14. The fraction of sp³-hybridized carbons (Fsp3) is 0.0370. The maximum Gasteiger partial charge on any atom is 0.0546 e. The first-order chi connectivity index (χ1) is 27.3. The van der Waals surface area contributed by atoms with Gasteiger partial charge < -0.3 is 4.90 Å². The Morgan fingerprint density at radius 2 is 0.945 bits per heavy atom. The summed E-state index contributed by atoms with van der Waals surface area (Å²) in [6, 6.07) is 71.2. The number of rotatable bonds is 7. The van der Waals surface area contributed by atoms with Gasteiger partial charge in [-0.2, -0.15) is 0 Å². The van der Waals surface area contributed by atoms with Crippen LogP contribution in [0.2, 0.25) is 0 Å². The van der Waals surface area contributed by atoms with Crippen LogP contribution in [-0.2, 0) is 0 Å². The van der Waals surface area contributed by atoms with E-state index >= 15 is 0 Å². The molecule has 9 aromatic carbocycles. The highest BCUT2D eigenvalue weighted by Gasteiger charge is 2.20. The minimum absolute atomic E-state index is 1.09. The van der Waals surface area contributed by atoms with E-state index in [0.717, 1.165) is 29.9 Å². The van der Waals surface area contributed by atoms with Gasteiger partial charge in [-0.1, -0.05) is 182 Å². The van der Waals surface area contributed by atoms with Gasteiger partial charge in [0.2, 0.25) is 0 Å². The van der Waals surface area contributed by atoms with Crippen molar-refractivity contribution in [2.45, 2.75) is 12.8 Å². The van der Waals surface area contributed by atoms with Crippen LogP contribution >= 0.6 is 0 Å². The Kier molecular flexibility index (Phi) is 8.39. The molecule has 0 atom stereocenters. The average Bonchev–Trinajstić information content (AvgIpc) is 3.27. The van der Waals surface area contributed by atoms with E-state index in [2.05, 4.69) is 217 Å². The van der Waals surface area contributed by atoms with Gasteiger partial charge in [-0.15, -0.1) is 0 Å². The third-order valence-corrected chi connectivity index (χ3v) is 11.1. The molecule has 1 aliphatic rings. The number of nitrogens with zero attached hydrogens (tertiary/aromatic N) is 1. The number of benzene rings is 9. The van der Waals surface area contributed by atoms with E-state index in [1.165, 1.54) is 76.8 Å². The predicted molar refractivity (Wildman–Crippen MR) is 236 cm³/mol. The first kappa shape index (κ1) is 32.7. The lowest BCUT2D eigenvalue weighted by atomic mass is 9.91. The van der Waals surface area contributed by atoms with Crippen molar-refractivity contribution in [2.24, 2.45) is 0 Å². The number of anilines is 3. The lowest BCUT2D eigenvalue weighted by molar-refractivity contribution is 1.04. The van der Waals surface area contributed by atoms with Gasteiger partial charge in [0.1, 0.15) is 0 Å². The normalized spacial score (nSPS) is 12.6. The number of allylic oxidation sites excluding steroid dienone is 4. The van der Waals surface area contributed by atoms with Crippen molar-refractivity contribution in [1.82, 2.24) is 0 Å². The fourth-order valence-electron chi connectivity index (χ4n) is 8.36. The molecule has 0 radical (unpaired) electrons. The van der Waals surface area contributed by atoms with Gasteiger partial charge in [0.15, 0.2) is 0 Å². The summed E-state index contributed by atoms with van der Waals surface area (Å²) in [4.78, 5) is 2.45. The van der Waals surface area contributed by atoms with Crippen LogP contribution < -0.4 is 4.90 Å². The van der Waals surface area contributed by atoms with E-state index in [9.17, 15) is 0 Å². The van der Waals surface area contributed by atoms with Crippen LogP contribution in [0.15, 0.2) is 212 Å². The number of hydrogen-bond acceptors (Lipinski definition) is 1. The van der Waals surface area contributed by atoms with Crippen molar-refractivity contribution in [3.63, 3.8) is 0 Å². The highest BCUT2D eigenvalue weighted by Crippen LogP contribution is 2.45. The van der Waals surface area contributed by atoms with Crippen LogP contribution in [-0.4, -0.2) is 0 Å². The van der Waals surface area contributed by atoms with Gasteiger partial charge in [0, 0.05) is 16.8 Å². The monoisotopic (exact) mass is 701 g/mol. The Balaban J connectivity index is 1.17. The van der Waals surface area contributed by atoms with Gasteiger partial charge in [-0.25, -0.2) is 0 Å². The van der Waals surface area contributed by atoms with E-state index in [1.54, 1.807) is 0 Å². The topological polar surface area (TPSA) is 3.24 Å². The smallest absolute Gasteiger partial charge is 0.0546 e. The van der Waals surface area contributed by atoms with Gasteiger partial charge in [0.25, 0.3) is 0 Å². The van der Waals surface area contributed by atoms with Crippen molar-refractivity contribution in [3.8, 4) is 33.4 Å². The van der Waals surface area contributed by atoms with Crippen molar-refractivity contribution >= 4 is 55.0 Å². The standard InChI is InChI=1S/C54H39N/c1-3-14-38(15-4-1)39-30-32-45(33-31-39)55(54-36-44-19-8-10-22-49(44)51-23-11-12-24-52(51)54)46-34-35-50(40-16-5-2-6-17-40)53(37-46)43-28-26-42(27-29-43)48-25-13-20-41-18-7-9-21-47(41)48/h2-3,5-37H,1,4H2. The third kappa shape index (κ3) is 6.10. The average molecular weight is 702 g/mol. The molecule has 9 aromatic rings. The van der Waals surface area contributed by atoms with Crippen molar-refractivity contribution < 1.29 is 0 Å². The van der Waals surface area contributed by atoms with Crippen LogP contribution in [0, 0.1) is 0 Å². The second-order valence-corrected chi connectivity index (χ2v) is 14.4. The minimum atomic E-state index is 1.09. The second kappa shape index (κ2) is 14.1. The van der Waals surface area contributed by atoms with Crippen molar-refractivity contribution in [1.29, 1.82) is 0 Å². The van der Waals surface area contributed by atoms with Crippen LogP contribution in [0.1, 0.15) is 18.4 Å². The Morgan fingerprint density at radius 3 is 1.71 bits per heavy atom. The molecule has 0 spiro atoms. The van der Waals surface area contributed by atoms with E-state index in [-0.39, 0.29) is 0 Å². The van der Waals surface area contributed by atoms with Gasteiger partial charge >= 0.3 is 0 Å². The maximum atomic E-state index is 2.45. The zero-order valence-electron chi connectivity index (χ0n) is 30.6. The van der Waals surface area contributed by atoms with Crippen LogP contribution in [0.5, 0.6) is 0 Å². The Morgan fingerprint density at radius 1 is 0.345 bits per heavy atom. The molecule has 1 aliphatic carbocycles. The lowest BCUT2D eigenvalue weighted by Gasteiger charge is -2.29. The molecule has 260 valence electrons. The molecule has 10 rings (SSSR count). The summed E-state index contributed by atoms with van der Waals surface area (Å²) in [5.74, 6) is 0. The summed E-state index contributed by atoms with van der Waals surface area (Å²) in [5.41, 5.74) is 13.2. The molecule has 0 fully saturated rings. The minimum Gasteiger partial charge on any atom is -0.310 e. The van der Waals surface area contributed by atoms with Crippen LogP contribution in [0.4, 0.5) is 17.1 Å². The summed E-state index contributed by atoms with van der Waals surface area (Å²) in [6.07, 6.45) is 9.08.